The van der Waals surface area contributed by atoms with Gasteiger partial charge in [0.15, 0.2) is 0 Å². The highest BCUT2D eigenvalue weighted by Crippen LogP contribution is 2.40. The normalized spacial score (nSPS) is 19.1. The lowest BCUT2D eigenvalue weighted by Crippen LogP contribution is -2.61. The Morgan fingerprint density at radius 3 is 2.74 bits per heavy atom. The number of ether oxygens (including phenoxy) is 2. The fourth-order valence-corrected chi connectivity index (χ4v) is 5.14. The molecule has 34 heavy (non-hydrogen) atoms. The zero-order valence-corrected chi connectivity index (χ0v) is 19.6. The van der Waals surface area contributed by atoms with Crippen LogP contribution < -0.4 is 24.6 Å². The molecule has 3 aromatic rings. The van der Waals surface area contributed by atoms with Gasteiger partial charge < -0.3 is 24.6 Å². The number of nitrogens with zero attached hydrogens (tertiary/aromatic N) is 3. The highest BCUT2D eigenvalue weighted by molar-refractivity contribution is 5.82. The number of aromatic nitrogens is 1. The summed E-state index contributed by atoms with van der Waals surface area (Å²) in [7, 11) is 3.39. The average Bonchev–Trinajstić information content (AvgIpc) is 2.91. The highest BCUT2D eigenvalue weighted by atomic mass is 16.5. The van der Waals surface area contributed by atoms with Crippen molar-refractivity contribution in [1.82, 2.24) is 10.3 Å². The van der Waals surface area contributed by atoms with Crippen LogP contribution in [0, 0.1) is 5.92 Å². The average molecular weight is 459 g/mol. The van der Waals surface area contributed by atoms with E-state index in [4.69, 9.17) is 9.47 Å². The van der Waals surface area contributed by atoms with Gasteiger partial charge in [-0.25, -0.2) is 0 Å². The van der Waals surface area contributed by atoms with E-state index in [0.717, 1.165) is 42.4 Å². The third kappa shape index (κ3) is 4.25. The maximum atomic E-state index is 13.5. The van der Waals surface area contributed by atoms with Crippen molar-refractivity contribution in [2.24, 2.45) is 5.92 Å². The zero-order valence-electron chi connectivity index (χ0n) is 19.6. The molecule has 1 N–H and O–H groups in total. The largest absolute Gasteiger partial charge is 0.497 e. The Kier molecular flexibility index (Phi) is 6.25. The molecule has 1 aromatic heterocycles. The van der Waals surface area contributed by atoms with Crippen molar-refractivity contribution in [2.45, 2.75) is 19.0 Å². The molecule has 7 heteroatoms. The zero-order chi connectivity index (χ0) is 23.5. The minimum Gasteiger partial charge on any atom is -0.497 e. The first-order chi connectivity index (χ1) is 16.7. The fraction of sp³-hybridized carbons (Fsp3) is 0.333. The summed E-state index contributed by atoms with van der Waals surface area (Å²) in [5.74, 6) is 1.59. The van der Waals surface area contributed by atoms with E-state index < -0.39 is 0 Å². The van der Waals surface area contributed by atoms with Crippen LogP contribution >= 0.6 is 0 Å². The van der Waals surface area contributed by atoms with E-state index in [2.05, 4.69) is 38.3 Å². The summed E-state index contributed by atoms with van der Waals surface area (Å²) in [6.07, 6.45) is 4.22. The summed E-state index contributed by atoms with van der Waals surface area (Å²) in [5.41, 5.74) is 4.41. The number of pyridine rings is 1. The Hall–Kier alpha value is -3.74. The molecule has 0 saturated carbocycles. The molecule has 2 aliphatic heterocycles. The van der Waals surface area contributed by atoms with Gasteiger partial charge in [0.2, 0.25) is 5.91 Å². The number of hydrogen-bond donors (Lipinski definition) is 1. The molecule has 0 radical (unpaired) electrons. The Balaban J connectivity index is 1.44. The Morgan fingerprint density at radius 1 is 1.06 bits per heavy atom. The first kappa shape index (κ1) is 22.1. The predicted molar refractivity (Wildman–Crippen MR) is 133 cm³/mol. The van der Waals surface area contributed by atoms with Crippen molar-refractivity contribution in [3.8, 4) is 11.5 Å². The minimum atomic E-state index is -0.171. The molecule has 7 nitrogen and oxygen atoms in total. The molecule has 0 spiro atoms. The van der Waals surface area contributed by atoms with Crippen molar-refractivity contribution in [3.63, 3.8) is 0 Å². The van der Waals surface area contributed by atoms with Crippen LogP contribution in [0.3, 0.4) is 0 Å². The van der Waals surface area contributed by atoms with Gasteiger partial charge >= 0.3 is 0 Å². The fourth-order valence-electron chi connectivity index (χ4n) is 5.14. The number of carbonyl (C=O) groups excluding carboxylic acids is 1. The number of hydrogen-bond acceptors (Lipinski definition) is 6. The second-order valence-corrected chi connectivity index (χ2v) is 8.76. The topological polar surface area (TPSA) is 66.9 Å². The molecule has 2 aromatic carbocycles. The van der Waals surface area contributed by atoms with Crippen LogP contribution in [0.25, 0.3) is 0 Å². The van der Waals surface area contributed by atoms with Crippen LogP contribution in [0.5, 0.6) is 11.5 Å². The second-order valence-electron chi connectivity index (χ2n) is 8.76. The molecule has 2 atom stereocenters. The SMILES string of the molecule is COc1ccc2c(c1)N1CCN(c3ccccc3OC)C[C@H]1[C@@H](C(=O)NCc1cccnc1)C2. The monoisotopic (exact) mass is 458 g/mol. The number of benzene rings is 2. The van der Waals surface area contributed by atoms with Crippen molar-refractivity contribution in [2.75, 3.05) is 43.7 Å². The van der Waals surface area contributed by atoms with Crippen molar-refractivity contribution < 1.29 is 14.3 Å². The van der Waals surface area contributed by atoms with E-state index in [0.29, 0.717) is 13.0 Å². The van der Waals surface area contributed by atoms with Crippen molar-refractivity contribution in [1.29, 1.82) is 0 Å². The van der Waals surface area contributed by atoms with Gasteiger partial charge in [-0.3, -0.25) is 9.78 Å². The molecular formula is C27H30N4O3. The Labute approximate surface area is 200 Å². The smallest absolute Gasteiger partial charge is 0.225 e. The van der Waals surface area contributed by atoms with Gasteiger partial charge in [-0.2, -0.15) is 0 Å². The number of para-hydroxylation sites is 2. The number of anilines is 2. The Bertz CT molecular complexity index is 1150. The second kappa shape index (κ2) is 9.63. The van der Waals surface area contributed by atoms with Gasteiger partial charge in [0, 0.05) is 50.3 Å². The number of methoxy groups -OCH3 is 2. The first-order valence-corrected chi connectivity index (χ1v) is 11.7. The summed E-state index contributed by atoms with van der Waals surface area (Å²) in [6, 6.07) is 18.2. The van der Waals surface area contributed by atoms with E-state index in [1.54, 1.807) is 26.6 Å². The van der Waals surface area contributed by atoms with Gasteiger partial charge in [-0.15, -0.1) is 0 Å². The molecule has 1 saturated heterocycles. The molecule has 3 heterocycles. The van der Waals surface area contributed by atoms with E-state index in [-0.39, 0.29) is 17.9 Å². The first-order valence-electron chi connectivity index (χ1n) is 11.7. The standard InChI is InChI=1S/C27H30N4O3/c1-33-21-10-9-20-14-22(27(32)29-17-19-6-5-11-28-16-19)25-18-30(12-13-31(25)24(20)15-21)23-7-3-4-8-26(23)34-2/h3-11,15-16,22,25H,12-14,17-18H2,1-2H3,(H,29,32)/t22-,25-/m0/s1. The van der Waals surface area contributed by atoms with Crippen molar-refractivity contribution in [3.05, 3.63) is 78.1 Å². The lowest BCUT2D eigenvalue weighted by atomic mass is 9.83. The van der Waals surface area contributed by atoms with E-state index in [1.807, 2.05) is 36.4 Å². The lowest BCUT2D eigenvalue weighted by Gasteiger charge is -2.49. The molecule has 1 amide bonds. The number of nitrogens with one attached hydrogen (secondary N) is 1. The molecule has 5 rings (SSSR count). The summed E-state index contributed by atoms with van der Waals surface area (Å²) >= 11 is 0. The van der Waals surface area contributed by atoms with E-state index in [9.17, 15) is 4.79 Å². The number of rotatable bonds is 6. The van der Waals surface area contributed by atoms with Gasteiger partial charge in [0.05, 0.1) is 31.9 Å². The number of piperazine rings is 1. The van der Waals surface area contributed by atoms with E-state index >= 15 is 0 Å². The summed E-state index contributed by atoms with van der Waals surface area (Å²) < 4.78 is 11.1. The van der Waals surface area contributed by atoms with Gasteiger partial charge in [-0.1, -0.05) is 24.3 Å². The van der Waals surface area contributed by atoms with Crippen LogP contribution in [-0.2, 0) is 17.8 Å². The molecule has 176 valence electrons. The summed E-state index contributed by atoms with van der Waals surface area (Å²) in [4.78, 5) is 22.4. The van der Waals surface area contributed by atoms with Crippen LogP contribution in [0.4, 0.5) is 11.4 Å². The van der Waals surface area contributed by atoms with Gasteiger partial charge in [0.25, 0.3) is 0 Å². The molecular weight excluding hydrogens is 428 g/mol. The lowest BCUT2D eigenvalue weighted by molar-refractivity contribution is -0.126. The molecule has 0 bridgehead atoms. The van der Waals surface area contributed by atoms with Crippen LogP contribution in [0.15, 0.2) is 67.0 Å². The quantitative estimate of drug-likeness (QED) is 0.612. The van der Waals surface area contributed by atoms with Crippen LogP contribution in [0.1, 0.15) is 11.1 Å². The van der Waals surface area contributed by atoms with Crippen LogP contribution in [0.2, 0.25) is 0 Å². The molecule has 0 aliphatic carbocycles. The number of carbonyl (C=O) groups is 1. The van der Waals surface area contributed by atoms with Gasteiger partial charge in [0.1, 0.15) is 11.5 Å². The maximum Gasteiger partial charge on any atom is 0.225 e. The third-order valence-electron chi connectivity index (χ3n) is 6.88. The van der Waals surface area contributed by atoms with Gasteiger partial charge in [-0.05, 0) is 41.8 Å². The highest BCUT2D eigenvalue weighted by Gasteiger charge is 2.42. The molecule has 0 unspecified atom stereocenters. The third-order valence-corrected chi connectivity index (χ3v) is 6.88. The van der Waals surface area contributed by atoms with Crippen LogP contribution in [-0.4, -0.2) is 50.8 Å². The molecule has 1 fully saturated rings. The number of fused-ring (bicyclic) bond motifs is 3. The van der Waals surface area contributed by atoms with Crippen molar-refractivity contribution >= 4 is 17.3 Å². The number of amides is 1. The minimum absolute atomic E-state index is 0.0344. The van der Waals surface area contributed by atoms with E-state index in [1.165, 1.54) is 11.3 Å². The summed E-state index contributed by atoms with van der Waals surface area (Å²) in [6.45, 7) is 2.87. The molecule has 2 aliphatic rings. The predicted octanol–water partition coefficient (Wildman–Crippen LogP) is 3.28. The maximum absolute atomic E-state index is 13.5. The summed E-state index contributed by atoms with van der Waals surface area (Å²) in [5, 5.41) is 3.16. The Morgan fingerprint density at radius 2 is 1.94 bits per heavy atom.